The lowest BCUT2D eigenvalue weighted by Crippen LogP contribution is -2.39. The van der Waals surface area contributed by atoms with Crippen LogP contribution in [0.15, 0.2) is 52.1 Å². The van der Waals surface area contributed by atoms with Crippen molar-refractivity contribution in [3.8, 4) is 0 Å². The number of nitrogens with zero attached hydrogens (tertiary/aromatic N) is 2. The van der Waals surface area contributed by atoms with Crippen LogP contribution in [0.3, 0.4) is 0 Å². The Hall–Kier alpha value is -1.25. The number of aliphatic imine (C=N–C) groups is 1. The summed E-state index contributed by atoms with van der Waals surface area (Å²) in [4.78, 5) is 6.39. The van der Waals surface area contributed by atoms with Crippen molar-refractivity contribution in [3.05, 3.63) is 59.0 Å². The molecule has 0 spiro atoms. The Balaban J connectivity index is 0.00000312. The molecule has 2 rings (SSSR count). The fourth-order valence-electron chi connectivity index (χ4n) is 2.27. The molecule has 0 unspecified atom stereocenters. The van der Waals surface area contributed by atoms with E-state index in [0.717, 1.165) is 36.3 Å². The highest BCUT2D eigenvalue weighted by atomic mass is 127. The third kappa shape index (κ3) is 8.11. The molecule has 0 bridgehead atoms. The summed E-state index contributed by atoms with van der Waals surface area (Å²) >= 11 is 5.91. The largest absolute Gasteiger partial charge is 0.467 e. The summed E-state index contributed by atoms with van der Waals surface area (Å²) < 4.78 is 10.8. The first kappa shape index (κ1) is 21.8. The Labute approximate surface area is 171 Å². The first-order valence-electron chi connectivity index (χ1n) is 7.95. The van der Waals surface area contributed by atoms with Crippen LogP contribution in [-0.2, 0) is 17.9 Å². The zero-order valence-corrected chi connectivity index (χ0v) is 17.7. The van der Waals surface area contributed by atoms with Gasteiger partial charge >= 0.3 is 0 Å². The minimum atomic E-state index is 0. The Bertz CT molecular complexity index is 618. The van der Waals surface area contributed by atoms with Gasteiger partial charge in [0.1, 0.15) is 12.4 Å². The van der Waals surface area contributed by atoms with Crippen LogP contribution in [0, 0.1) is 0 Å². The van der Waals surface area contributed by atoms with Crippen LogP contribution in [0.4, 0.5) is 0 Å². The molecule has 25 heavy (non-hydrogen) atoms. The van der Waals surface area contributed by atoms with Gasteiger partial charge in [0, 0.05) is 38.8 Å². The number of nitrogens with one attached hydrogen (secondary N) is 1. The molecular weight excluding hydrogens is 453 g/mol. The van der Waals surface area contributed by atoms with Crippen molar-refractivity contribution in [1.29, 1.82) is 0 Å². The molecule has 0 aliphatic carbocycles. The summed E-state index contributed by atoms with van der Waals surface area (Å²) in [6, 6.07) is 11.6. The molecule has 1 heterocycles. The van der Waals surface area contributed by atoms with E-state index in [1.807, 2.05) is 43.4 Å². The zero-order chi connectivity index (χ0) is 17.2. The van der Waals surface area contributed by atoms with Crippen LogP contribution in [-0.4, -0.2) is 38.1 Å². The molecule has 0 saturated carbocycles. The highest BCUT2D eigenvalue weighted by Crippen LogP contribution is 2.11. The van der Waals surface area contributed by atoms with Crippen LogP contribution in [0.5, 0.6) is 0 Å². The Morgan fingerprint density at radius 3 is 2.68 bits per heavy atom. The number of guanidine groups is 1. The highest BCUT2D eigenvalue weighted by molar-refractivity contribution is 14.0. The van der Waals surface area contributed by atoms with E-state index >= 15 is 0 Å². The number of hydrogen-bond acceptors (Lipinski definition) is 3. The topological polar surface area (TPSA) is 50.0 Å². The summed E-state index contributed by atoms with van der Waals surface area (Å²) in [5, 5.41) is 4.09. The number of ether oxygens (including phenoxy) is 1. The fraction of sp³-hybridized carbons (Fsp3) is 0.389. The summed E-state index contributed by atoms with van der Waals surface area (Å²) in [6.07, 6.45) is 2.55. The first-order valence-corrected chi connectivity index (χ1v) is 8.33. The van der Waals surface area contributed by atoms with Gasteiger partial charge in [0.05, 0.1) is 6.26 Å². The number of hydrogen-bond donors (Lipinski definition) is 1. The normalized spacial score (nSPS) is 11.1. The van der Waals surface area contributed by atoms with E-state index in [1.165, 1.54) is 5.56 Å². The Morgan fingerprint density at radius 2 is 2.04 bits per heavy atom. The number of rotatable bonds is 8. The quantitative estimate of drug-likeness (QED) is 0.268. The van der Waals surface area contributed by atoms with E-state index in [0.29, 0.717) is 13.2 Å². The van der Waals surface area contributed by atoms with Gasteiger partial charge in [-0.15, -0.1) is 24.0 Å². The first-order chi connectivity index (χ1) is 11.7. The molecule has 0 radical (unpaired) electrons. The predicted octanol–water partition coefficient (Wildman–Crippen LogP) is 4.17. The molecule has 0 fully saturated rings. The van der Waals surface area contributed by atoms with Crippen LogP contribution in [0.25, 0.3) is 0 Å². The summed E-state index contributed by atoms with van der Waals surface area (Å²) in [5.41, 5.74) is 1.19. The molecule has 1 N–H and O–H groups in total. The lowest BCUT2D eigenvalue weighted by Gasteiger charge is -2.22. The van der Waals surface area contributed by atoms with E-state index in [4.69, 9.17) is 20.8 Å². The van der Waals surface area contributed by atoms with E-state index < -0.39 is 0 Å². The fourth-order valence-corrected chi connectivity index (χ4v) is 2.39. The van der Waals surface area contributed by atoms with Crippen LogP contribution >= 0.6 is 35.6 Å². The maximum absolute atomic E-state index is 5.91. The zero-order valence-electron chi connectivity index (χ0n) is 14.6. The van der Waals surface area contributed by atoms with Gasteiger partial charge in [0.25, 0.3) is 0 Å². The van der Waals surface area contributed by atoms with E-state index in [9.17, 15) is 0 Å². The third-order valence-electron chi connectivity index (χ3n) is 3.48. The molecule has 5 nitrogen and oxygen atoms in total. The van der Waals surface area contributed by atoms with Crippen molar-refractivity contribution >= 4 is 41.5 Å². The van der Waals surface area contributed by atoms with Gasteiger partial charge in [0.15, 0.2) is 5.96 Å². The maximum atomic E-state index is 5.91. The molecule has 2 aromatic rings. The molecule has 0 atom stereocenters. The van der Waals surface area contributed by atoms with Crippen LogP contribution in [0.2, 0.25) is 5.02 Å². The Kier molecular flexibility index (Phi) is 10.6. The number of halogens is 2. The number of benzene rings is 1. The Morgan fingerprint density at radius 1 is 1.28 bits per heavy atom. The summed E-state index contributed by atoms with van der Waals surface area (Å²) in [6.45, 7) is 2.76. The molecule has 1 aromatic heterocycles. The van der Waals surface area contributed by atoms with Gasteiger partial charge in [-0.05, 0) is 36.2 Å². The molecule has 0 saturated heterocycles. The van der Waals surface area contributed by atoms with Crippen molar-refractivity contribution in [2.75, 3.05) is 27.2 Å². The average Bonchev–Trinajstić information content (AvgIpc) is 3.09. The lowest BCUT2D eigenvalue weighted by molar-refractivity contribution is 0.104. The second-order valence-corrected chi connectivity index (χ2v) is 5.88. The maximum Gasteiger partial charge on any atom is 0.193 e. The lowest BCUT2D eigenvalue weighted by atomic mass is 10.2. The van der Waals surface area contributed by atoms with Crippen molar-refractivity contribution in [2.45, 2.75) is 19.6 Å². The summed E-state index contributed by atoms with van der Waals surface area (Å²) in [7, 11) is 3.80. The smallest absolute Gasteiger partial charge is 0.193 e. The van der Waals surface area contributed by atoms with Gasteiger partial charge in [-0.1, -0.05) is 23.7 Å². The van der Waals surface area contributed by atoms with Gasteiger partial charge in [-0.3, -0.25) is 4.99 Å². The van der Waals surface area contributed by atoms with E-state index in [1.54, 1.807) is 13.3 Å². The monoisotopic (exact) mass is 477 g/mol. The molecular formula is C18H25ClIN3O2. The van der Waals surface area contributed by atoms with Crippen molar-refractivity contribution < 1.29 is 9.15 Å². The van der Waals surface area contributed by atoms with Crippen LogP contribution in [0.1, 0.15) is 17.7 Å². The van der Waals surface area contributed by atoms with Gasteiger partial charge in [0.2, 0.25) is 0 Å². The second kappa shape index (κ2) is 12.2. The van der Waals surface area contributed by atoms with E-state index in [2.05, 4.69) is 15.2 Å². The molecule has 0 aliphatic rings. The van der Waals surface area contributed by atoms with Gasteiger partial charge in [-0.2, -0.15) is 0 Å². The highest BCUT2D eigenvalue weighted by Gasteiger charge is 2.06. The van der Waals surface area contributed by atoms with Gasteiger partial charge in [-0.25, -0.2) is 0 Å². The number of furan rings is 1. The van der Waals surface area contributed by atoms with Crippen molar-refractivity contribution in [1.82, 2.24) is 10.2 Å². The summed E-state index contributed by atoms with van der Waals surface area (Å²) in [5.74, 6) is 1.71. The molecule has 138 valence electrons. The standard InChI is InChI=1S/C18H24ClN3O2.HI/c1-20-18(22(2)13-15-6-8-16(19)9-7-15)21-10-4-11-23-14-17-5-3-12-24-17;/h3,5-9,12H,4,10-11,13-14H2,1-2H3,(H,20,21);1H. The van der Waals surface area contributed by atoms with Crippen molar-refractivity contribution in [2.24, 2.45) is 4.99 Å². The molecule has 7 heteroatoms. The second-order valence-electron chi connectivity index (χ2n) is 5.44. The van der Waals surface area contributed by atoms with Crippen LogP contribution < -0.4 is 5.32 Å². The van der Waals surface area contributed by atoms with Gasteiger partial charge < -0.3 is 19.4 Å². The predicted molar refractivity (Wildman–Crippen MR) is 113 cm³/mol. The minimum Gasteiger partial charge on any atom is -0.467 e. The third-order valence-corrected chi connectivity index (χ3v) is 3.73. The minimum absolute atomic E-state index is 0. The molecule has 0 amide bonds. The molecule has 0 aliphatic heterocycles. The SMILES string of the molecule is CN=C(NCCCOCc1ccco1)N(C)Cc1ccc(Cl)cc1.I. The van der Waals surface area contributed by atoms with E-state index in [-0.39, 0.29) is 24.0 Å². The molecule has 1 aromatic carbocycles. The average molecular weight is 478 g/mol. The van der Waals surface area contributed by atoms with Crippen molar-refractivity contribution in [3.63, 3.8) is 0 Å².